The molecule has 0 saturated carbocycles. The Kier molecular flexibility index (Phi) is 5.55. The molecule has 7 nitrogen and oxygen atoms in total. The summed E-state index contributed by atoms with van der Waals surface area (Å²) >= 11 is 0. The van der Waals surface area contributed by atoms with Crippen molar-refractivity contribution in [3.8, 4) is 0 Å². The van der Waals surface area contributed by atoms with Crippen molar-refractivity contribution in [2.45, 2.75) is 77.9 Å². The quantitative estimate of drug-likeness (QED) is 0.730. The number of carbonyl (C=O) groups excluding carboxylic acids is 2. The van der Waals surface area contributed by atoms with Gasteiger partial charge in [-0.25, -0.2) is 9.36 Å². The van der Waals surface area contributed by atoms with Gasteiger partial charge in [0, 0.05) is 24.8 Å². The summed E-state index contributed by atoms with van der Waals surface area (Å²) in [7, 11) is 0. The second-order valence-electron chi connectivity index (χ2n) is 10.0. The normalized spacial score (nSPS) is 23.1. The maximum Gasteiger partial charge on any atom is 0.419 e. The predicted molar refractivity (Wildman–Crippen MR) is 121 cm³/mol. The zero-order valence-corrected chi connectivity index (χ0v) is 19.3. The second kappa shape index (κ2) is 7.94. The fourth-order valence-corrected chi connectivity index (χ4v) is 5.58. The number of carboxylic acid groups (broad SMARTS) is 1. The summed E-state index contributed by atoms with van der Waals surface area (Å²) in [6, 6.07) is 7.43. The summed E-state index contributed by atoms with van der Waals surface area (Å²) in [4.78, 5) is 39.8. The summed E-state index contributed by atoms with van der Waals surface area (Å²) in [6.07, 6.45) is 2.45. The van der Waals surface area contributed by atoms with Gasteiger partial charge in [0.2, 0.25) is 5.91 Å². The molecule has 1 saturated heterocycles. The minimum Gasteiger partial charge on any atom is -0.481 e. The average molecular weight is 441 g/mol. The SMILES string of the molecule is CC[C@@]1(CCC(=O)O)CCC(=O)N2CCc3c(n(C(=O)OC(C)(C)C)c4ccccc34)[C@H]21. The molecule has 1 fully saturated rings. The maximum absolute atomic E-state index is 13.5. The lowest BCUT2D eigenvalue weighted by Gasteiger charge is -2.52. The highest BCUT2D eigenvalue weighted by molar-refractivity contribution is 5.95. The third kappa shape index (κ3) is 3.67. The highest BCUT2D eigenvalue weighted by atomic mass is 16.6. The van der Waals surface area contributed by atoms with Crippen LogP contribution in [0.2, 0.25) is 0 Å². The van der Waals surface area contributed by atoms with Crippen LogP contribution in [0.3, 0.4) is 0 Å². The second-order valence-corrected chi connectivity index (χ2v) is 10.0. The predicted octanol–water partition coefficient (Wildman–Crippen LogP) is 4.91. The smallest absolute Gasteiger partial charge is 0.419 e. The molecular formula is C25H32N2O5. The molecule has 7 heteroatoms. The van der Waals surface area contributed by atoms with Crippen LogP contribution >= 0.6 is 0 Å². The number of hydrogen-bond donors (Lipinski definition) is 1. The number of amides is 1. The van der Waals surface area contributed by atoms with E-state index in [-0.39, 0.29) is 18.4 Å². The van der Waals surface area contributed by atoms with Crippen LogP contribution in [0.1, 0.15) is 77.1 Å². The Morgan fingerprint density at radius 2 is 1.94 bits per heavy atom. The molecule has 0 radical (unpaired) electrons. The number of aliphatic carboxylic acids is 1. The first-order chi connectivity index (χ1) is 15.1. The first kappa shape index (κ1) is 22.4. The van der Waals surface area contributed by atoms with E-state index >= 15 is 0 Å². The van der Waals surface area contributed by atoms with Crippen molar-refractivity contribution in [1.29, 1.82) is 0 Å². The molecule has 1 aromatic carbocycles. The van der Waals surface area contributed by atoms with Crippen molar-refractivity contribution >= 4 is 28.9 Å². The number of para-hydroxylation sites is 1. The van der Waals surface area contributed by atoms with Gasteiger partial charge < -0.3 is 14.7 Å². The van der Waals surface area contributed by atoms with Crippen LogP contribution in [0.5, 0.6) is 0 Å². The molecule has 1 aromatic heterocycles. The number of benzene rings is 1. The number of rotatable bonds is 4. The standard InChI is InChI=1S/C25H32N2O5/c1-5-25(14-11-20(29)30)13-10-19(28)26-15-12-17-16-8-6-7-9-18(16)27(21(17)22(25)26)23(31)32-24(2,3)4/h6-9,22H,5,10-15H2,1-4H3,(H,29,30)/t22-,25-/m0/s1. The monoisotopic (exact) mass is 440 g/mol. The number of ether oxygens (including phenoxy) is 1. The maximum atomic E-state index is 13.5. The van der Waals surface area contributed by atoms with E-state index in [1.54, 1.807) is 4.57 Å². The van der Waals surface area contributed by atoms with Gasteiger partial charge in [-0.1, -0.05) is 25.1 Å². The largest absolute Gasteiger partial charge is 0.481 e. The Morgan fingerprint density at radius 3 is 2.59 bits per heavy atom. The Balaban J connectivity index is 1.96. The molecule has 2 aromatic rings. The van der Waals surface area contributed by atoms with Gasteiger partial charge >= 0.3 is 12.1 Å². The van der Waals surface area contributed by atoms with Crippen molar-refractivity contribution in [3.63, 3.8) is 0 Å². The van der Waals surface area contributed by atoms with Crippen LogP contribution in [-0.2, 0) is 20.7 Å². The van der Waals surface area contributed by atoms with Gasteiger partial charge in [0.25, 0.3) is 0 Å². The first-order valence-corrected chi connectivity index (χ1v) is 11.4. The number of carboxylic acids is 1. The third-order valence-electron chi connectivity index (χ3n) is 7.05. The van der Waals surface area contributed by atoms with E-state index in [4.69, 9.17) is 4.74 Å². The lowest BCUT2D eigenvalue weighted by Crippen LogP contribution is -2.53. The summed E-state index contributed by atoms with van der Waals surface area (Å²) < 4.78 is 7.44. The van der Waals surface area contributed by atoms with E-state index in [2.05, 4.69) is 6.92 Å². The number of hydrogen-bond acceptors (Lipinski definition) is 4. The van der Waals surface area contributed by atoms with Crippen LogP contribution < -0.4 is 0 Å². The number of fused-ring (bicyclic) bond motifs is 5. The summed E-state index contributed by atoms with van der Waals surface area (Å²) in [5, 5.41) is 10.4. The average Bonchev–Trinajstić information content (AvgIpc) is 3.07. The van der Waals surface area contributed by atoms with Gasteiger partial charge in [-0.15, -0.1) is 0 Å². The van der Waals surface area contributed by atoms with Crippen LogP contribution in [0.25, 0.3) is 10.9 Å². The van der Waals surface area contributed by atoms with Crippen molar-refractivity contribution in [2.75, 3.05) is 6.54 Å². The molecule has 172 valence electrons. The first-order valence-electron chi connectivity index (χ1n) is 11.4. The zero-order valence-electron chi connectivity index (χ0n) is 19.3. The Bertz CT molecular complexity index is 1080. The molecule has 0 aliphatic carbocycles. The molecule has 0 unspecified atom stereocenters. The topological polar surface area (TPSA) is 88.8 Å². The van der Waals surface area contributed by atoms with E-state index in [1.807, 2.05) is 49.9 Å². The van der Waals surface area contributed by atoms with E-state index in [0.717, 1.165) is 28.6 Å². The minimum absolute atomic E-state index is 0.0361. The molecule has 2 aliphatic rings. The van der Waals surface area contributed by atoms with Gasteiger partial charge in [-0.3, -0.25) is 9.59 Å². The fraction of sp³-hybridized carbons (Fsp3) is 0.560. The molecule has 32 heavy (non-hydrogen) atoms. The molecular weight excluding hydrogens is 408 g/mol. The molecule has 0 bridgehead atoms. The number of nitrogens with zero attached hydrogens (tertiary/aromatic N) is 2. The van der Waals surface area contributed by atoms with E-state index in [9.17, 15) is 19.5 Å². The zero-order chi connectivity index (χ0) is 23.3. The van der Waals surface area contributed by atoms with Crippen LogP contribution in [-0.4, -0.2) is 44.7 Å². The molecule has 3 heterocycles. The summed E-state index contributed by atoms with van der Waals surface area (Å²) in [5.41, 5.74) is 1.56. The lowest BCUT2D eigenvalue weighted by atomic mass is 9.65. The van der Waals surface area contributed by atoms with Gasteiger partial charge in [-0.05, 0) is 63.5 Å². The highest BCUT2D eigenvalue weighted by Crippen LogP contribution is 2.55. The minimum atomic E-state index is -0.843. The lowest BCUT2D eigenvalue weighted by molar-refractivity contribution is -0.147. The van der Waals surface area contributed by atoms with Gasteiger partial charge in [0.05, 0.1) is 17.3 Å². The van der Waals surface area contributed by atoms with Crippen LogP contribution in [0.15, 0.2) is 24.3 Å². The van der Waals surface area contributed by atoms with Gasteiger partial charge in [0.1, 0.15) is 5.60 Å². The third-order valence-corrected chi connectivity index (χ3v) is 7.05. The fourth-order valence-electron chi connectivity index (χ4n) is 5.58. The van der Waals surface area contributed by atoms with E-state index < -0.39 is 23.1 Å². The van der Waals surface area contributed by atoms with Crippen LogP contribution in [0, 0.1) is 5.41 Å². The Morgan fingerprint density at radius 1 is 1.22 bits per heavy atom. The van der Waals surface area contributed by atoms with Crippen molar-refractivity contribution in [1.82, 2.24) is 9.47 Å². The molecule has 2 aliphatic heterocycles. The van der Waals surface area contributed by atoms with Crippen molar-refractivity contribution in [3.05, 3.63) is 35.5 Å². The molecule has 2 atom stereocenters. The Labute approximate surface area is 188 Å². The number of piperidine rings is 1. The summed E-state index contributed by atoms with van der Waals surface area (Å²) in [6.45, 7) is 8.15. The van der Waals surface area contributed by atoms with Crippen LogP contribution in [0.4, 0.5) is 4.79 Å². The molecule has 0 spiro atoms. The highest BCUT2D eigenvalue weighted by Gasteiger charge is 2.51. The van der Waals surface area contributed by atoms with Gasteiger partial charge in [-0.2, -0.15) is 0 Å². The van der Waals surface area contributed by atoms with E-state index in [0.29, 0.717) is 32.2 Å². The van der Waals surface area contributed by atoms with Gasteiger partial charge in [0.15, 0.2) is 0 Å². The van der Waals surface area contributed by atoms with E-state index in [1.165, 1.54) is 0 Å². The molecule has 1 N–H and O–H groups in total. The number of aromatic nitrogens is 1. The van der Waals surface area contributed by atoms with Crippen molar-refractivity contribution in [2.24, 2.45) is 5.41 Å². The summed E-state index contributed by atoms with van der Waals surface area (Å²) in [5.74, 6) is -0.772. The van der Waals surface area contributed by atoms with Crippen molar-refractivity contribution < 1.29 is 24.2 Å². The number of carbonyl (C=O) groups is 3. The molecule has 4 rings (SSSR count). The Hall–Kier alpha value is -2.83. The molecule has 1 amide bonds.